The van der Waals surface area contributed by atoms with E-state index in [1.807, 2.05) is 0 Å². The SMILES string of the molecule is CN(C)C1CCN(CC(=O)NN)C1. The summed E-state index contributed by atoms with van der Waals surface area (Å²) in [4.78, 5) is 15.3. The zero-order valence-electron chi connectivity index (χ0n) is 8.29. The Balaban J connectivity index is 2.29. The van der Waals surface area contributed by atoms with Crippen molar-refractivity contribution in [3.8, 4) is 0 Å². The fourth-order valence-electron chi connectivity index (χ4n) is 1.63. The van der Waals surface area contributed by atoms with E-state index < -0.39 is 0 Å². The van der Waals surface area contributed by atoms with Crippen LogP contribution >= 0.6 is 0 Å². The van der Waals surface area contributed by atoms with Crippen LogP contribution in [0.1, 0.15) is 6.42 Å². The van der Waals surface area contributed by atoms with Crippen LogP contribution in [0.5, 0.6) is 0 Å². The highest BCUT2D eigenvalue weighted by molar-refractivity contribution is 5.77. The maximum absolute atomic E-state index is 11.0. The molecule has 1 aliphatic heterocycles. The van der Waals surface area contributed by atoms with Gasteiger partial charge in [0.2, 0.25) is 5.91 Å². The van der Waals surface area contributed by atoms with Crippen LogP contribution in [0.25, 0.3) is 0 Å². The van der Waals surface area contributed by atoms with Crippen LogP contribution in [-0.4, -0.2) is 55.5 Å². The van der Waals surface area contributed by atoms with Gasteiger partial charge in [0.1, 0.15) is 0 Å². The second-order valence-electron chi connectivity index (χ2n) is 3.71. The monoisotopic (exact) mass is 186 g/mol. The molecule has 5 heteroatoms. The molecule has 1 atom stereocenters. The Morgan fingerprint density at radius 2 is 2.38 bits per heavy atom. The Kier molecular flexibility index (Phi) is 3.65. The lowest BCUT2D eigenvalue weighted by Crippen LogP contribution is -2.40. The van der Waals surface area contributed by atoms with Crippen LogP contribution in [0.15, 0.2) is 0 Å². The zero-order chi connectivity index (χ0) is 9.84. The molecule has 0 bridgehead atoms. The van der Waals surface area contributed by atoms with E-state index in [9.17, 15) is 4.79 Å². The summed E-state index contributed by atoms with van der Waals surface area (Å²) < 4.78 is 0. The number of amides is 1. The number of likely N-dealkylation sites (tertiary alicyclic amines) is 1. The highest BCUT2D eigenvalue weighted by Crippen LogP contribution is 2.11. The van der Waals surface area contributed by atoms with Crippen LogP contribution in [0.3, 0.4) is 0 Å². The lowest BCUT2D eigenvalue weighted by atomic mass is 10.2. The second-order valence-corrected chi connectivity index (χ2v) is 3.71. The molecule has 0 aromatic carbocycles. The van der Waals surface area contributed by atoms with Crippen molar-refractivity contribution in [2.24, 2.45) is 5.84 Å². The molecule has 1 unspecified atom stereocenters. The first kappa shape index (κ1) is 10.4. The van der Waals surface area contributed by atoms with E-state index in [1.165, 1.54) is 0 Å². The van der Waals surface area contributed by atoms with Crippen LogP contribution in [0, 0.1) is 0 Å². The summed E-state index contributed by atoms with van der Waals surface area (Å²) in [6, 6.07) is 0.575. The quantitative estimate of drug-likeness (QED) is 0.324. The van der Waals surface area contributed by atoms with Gasteiger partial charge >= 0.3 is 0 Å². The Hall–Kier alpha value is -0.650. The highest BCUT2D eigenvalue weighted by atomic mass is 16.2. The third-order valence-electron chi connectivity index (χ3n) is 2.51. The molecule has 13 heavy (non-hydrogen) atoms. The molecule has 0 aromatic rings. The van der Waals surface area contributed by atoms with Crippen molar-refractivity contribution < 1.29 is 4.79 Å². The van der Waals surface area contributed by atoms with Gasteiger partial charge in [-0.1, -0.05) is 0 Å². The Morgan fingerprint density at radius 3 is 2.85 bits per heavy atom. The molecule has 1 saturated heterocycles. The summed E-state index contributed by atoms with van der Waals surface area (Å²) in [5, 5.41) is 0. The first-order chi connectivity index (χ1) is 6.13. The molecule has 1 rings (SSSR count). The van der Waals surface area contributed by atoms with Crippen molar-refractivity contribution in [1.82, 2.24) is 15.2 Å². The summed E-state index contributed by atoms with van der Waals surface area (Å²) in [5.41, 5.74) is 2.14. The molecule has 5 nitrogen and oxygen atoms in total. The number of hydrogen-bond donors (Lipinski definition) is 2. The Labute approximate surface area is 78.8 Å². The summed E-state index contributed by atoms with van der Waals surface area (Å²) in [7, 11) is 4.13. The summed E-state index contributed by atoms with van der Waals surface area (Å²) in [5.74, 6) is 4.90. The van der Waals surface area contributed by atoms with Gasteiger partial charge < -0.3 is 4.90 Å². The smallest absolute Gasteiger partial charge is 0.248 e. The number of nitrogens with zero attached hydrogens (tertiary/aromatic N) is 2. The van der Waals surface area contributed by atoms with E-state index in [0.29, 0.717) is 12.6 Å². The number of rotatable bonds is 3. The highest BCUT2D eigenvalue weighted by Gasteiger charge is 2.24. The number of carbonyl (C=O) groups is 1. The average Bonchev–Trinajstić information content (AvgIpc) is 2.52. The maximum atomic E-state index is 11.0. The molecule has 0 radical (unpaired) electrons. The van der Waals surface area contributed by atoms with Crippen LogP contribution < -0.4 is 11.3 Å². The lowest BCUT2D eigenvalue weighted by Gasteiger charge is -2.19. The largest absolute Gasteiger partial charge is 0.305 e. The topological polar surface area (TPSA) is 61.6 Å². The van der Waals surface area contributed by atoms with Gasteiger partial charge in [0, 0.05) is 19.1 Å². The minimum Gasteiger partial charge on any atom is -0.305 e. The van der Waals surface area contributed by atoms with Crippen molar-refractivity contribution in [2.45, 2.75) is 12.5 Å². The summed E-state index contributed by atoms with van der Waals surface area (Å²) in [6.07, 6.45) is 1.13. The molecule has 1 amide bonds. The Morgan fingerprint density at radius 1 is 1.69 bits per heavy atom. The first-order valence-corrected chi connectivity index (χ1v) is 4.51. The number of hydrogen-bond acceptors (Lipinski definition) is 4. The fraction of sp³-hybridized carbons (Fsp3) is 0.875. The molecule has 0 aromatic heterocycles. The van der Waals surface area contributed by atoms with Gasteiger partial charge in [-0.2, -0.15) is 0 Å². The minimum absolute atomic E-state index is 0.112. The Bertz CT molecular complexity index is 183. The van der Waals surface area contributed by atoms with Gasteiger partial charge in [-0.25, -0.2) is 5.84 Å². The van der Waals surface area contributed by atoms with Gasteiger partial charge in [0.15, 0.2) is 0 Å². The van der Waals surface area contributed by atoms with Crippen LogP contribution in [-0.2, 0) is 4.79 Å². The second kappa shape index (κ2) is 4.55. The van der Waals surface area contributed by atoms with Crippen LogP contribution in [0.2, 0.25) is 0 Å². The van der Waals surface area contributed by atoms with Gasteiger partial charge in [0.05, 0.1) is 6.54 Å². The number of likely N-dealkylation sites (N-methyl/N-ethyl adjacent to an activating group) is 1. The van der Waals surface area contributed by atoms with E-state index in [1.54, 1.807) is 0 Å². The van der Waals surface area contributed by atoms with Gasteiger partial charge in [0.25, 0.3) is 0 Å². The normalized spacial score (nSPS) is 23.8. The fourth-order valence-corrected chi connectivity index (χ4v) is 1.63. The van der Waals surface area contributed by atoms with Gasteiger partial charge in [-0.15, -0.1) is 0 Å². The summed E-state index contributed by atoms with van der Waals surface area (Å²) >= 11 is 0. The summed E-state index contributed by atoms with van der Waals surface area (Å²) in [6.45, 7) is 2.36. The molecular formula is C8H18N4O. The lowest BCUT2D eigenvalue weighted by molar-refractivity contribution is -0.122. The number of hydrazine groups is 1. The van der Waals surface area contributed by atoms with Gasteiger partial charge in [-0.05, 0) is 20.5 Å². The predicted octanol–water partition coefficient (Wildman–Crippen LogP) is -1.39. The number of carbonyl (C=O) groups excluding carboxylic acids is 1. The van der Waals surface area contributed by atoms with E-state index >= 15 is 0 Å². The average molecular weight is 186 g/mol. The standard InChI is InChI=1S/C8H18N4O/c1-11(2)7-3-4-12(5-7)6-8(13)10-9/h7H,3-6,9H2,1-2H3,(H,10,13). The molecule has 1 fully saturated rings. The van der Waals surface area contributed by atoms with Crippen molar-refractivity contribution in [3.63, 3.8) is 0 Å². The van der Waals surface area contributed by atoms with Crippen LogP contribution in [0.4, 0.5) is 0 Å². The third kappa shape index (κ3) is 2.95. The molecule has 3 N–H and O–H groups in total. The van der Waals surface area contributed by atoms with E-state index in [0.717, 1.165) is 19.5 Å². The van der Waals surface area contributed by atoms with E-state index in [2.05, 4.69) is 29.3 Å². The van der Waals surface area contributed by atoms with E-state index in [4.69, 9.17) is 5.84 Å². The molecular weight excluding hydrogens is 168 g/mol. The third-order valence-corrected chi connectivity index (χ3v) is 2.51. The number of nitrogens with one attached hydrogen (secondary N) is 1. The first-order valence-electron chi connectivity index (χ1n) is 4.51. The molecule has 1 heterocycles. The minimum atomic E-state index is -0.112. The van der Waals surface area contributed by atoms with Crippen molar-refractivity contribution in [1.29, 1.82) is 0 Å². The molecule has 1 aliphatic rings. The molecule has 0 aliphatic carbocycles. The van der Waals surface area contributed by atoms with Gasteiger partial charge in [-0.3, -0.25) is 15.1 Å². The number of nitrogens with two attached hydrogens (primary N) is 1. The maximum Gasteiger partial charge on any atom is 0.248 e. The molecule has 76 valence electrons. The van der Waals surface area contributed by atoms with Crippen molar-refractivity contribution >= 4 is 5.91 Å². The zero-order valence-corrected chi connectivity index (χ0v) is 8.29. The van der Waals surface area contributed by atoms with Crippen molar-refractivity contribution in [3.05, 3.63) is 0 Å². The molecule has 0 spiro atoms. The predicted molar refractivity (Wildman–Crippen MR) is 50.9 cm³/mol. The molecule has 0 saturated carbocycles. The van der Waals surface area contributed by atoms with E-state index in [-0.39, 0.29) is 5.91 Å². The van der Waals surface area contributed by atoms with Crippen molar-refractivity contribution in [2.75, 3.05) is 33.7 Å².